The Morgan fingerprint density at radius 1 is 1.27 bits per heavy atom. The highest BCUT2D eigenvalue weighted by molar-refractivity contribution is 6.01. The van der Waals surface area contributed by atoms with Gasteiger partial charge in [0.15, 0.2) is 0 Å². The quantitative estimate of drug-likeness (QED) is 0.142. The molecule has 1 saturated heterocycles. The summed E-state index contributed by atoms with van der Waals surface area (Å²) in [7, 11) is 0. The van der Waals surface area contributed by atoms with Crippen LogP contribution in [0.4, 0.5) is 5.69 Å². The van der Waals surface area contributed by atoms with Crippen molar-refractivity contribution in [2.75, 3.05) is 18.4 Å². The van der Waals surface area contributed by atoms with E-state index in [2.05, 4.69) is 31.6 Å². The molecular weight excluding hydrogens is 480 g/mol. The van der Waals surface area contributed by atoms with Crippen molar-refractivity contribution >= 4 is 36.2 Å². The third-order valence-corrected chi connectivity index (χ3v) is 6.00. The van der Waals surface area contributed by atoms with Gasteiger partial charge in [0, 0.05) is 31.6 Å². The average molecular weight is 513 g/mol. The SMILES string of the molecule is Cc1cccc(NC(=O)CCCNCCn2cc(CNC=O)nn2)c1CN(C=O)C1CCC(=O)NC1=O. The first-order valence-electron chi connectivity index (χ1n) is 12.1. The number of piperidine rings is 1. The Kier molecular flexibility index (Phi) is 10.3. The van der Waals surface area contributed by atoms with E-state index in [-0.39, 0.29) is 31.2 Å². The van der Waals surface area contributed by atoms with Gasteiger partial charge in [-0.05, 0) is 43.5 Å². The van der Waals surface area contributed by atoms with Crippen molar-refractivity contribution in [1.82, 2.24) is 35.8 Å². The molecule has 5 amide bonds. The summed E-state index contributed by atoms with van der Waals surface area (Å²) in [5.74, 6) is -0.994. The predicted octanol–water partition coefficient (Wildman–Crippen LogP) is -0.395. The van der Waals surface area contributed by atoms with E-state index in [0.29, 0.717) is 63.2 Å². The molecule has 1 fully saturated rings. The van der Waals surface area contributed by atoms with Gasteiger partial charge in [0.25, 0.3) is 0 Å². The molecule has 37 heavy (non-hydrogen) atoms. The van der Waals surface area contributed by atoms with Crippen LogP contribution in [-0.4, -0.2) is 69.6 Å². The van der Waals surface area contributed by atoms with Crippen molar-refractivity contribution in [1.29, 1.82) is 0 Å². The average Bonchev–Trinajstić information content (AvgIpc) is 3.33. The molecule has 1 atom stereocenters. The van der Waals surface area contributed by atoms with E-state index in [1.807, 2.05) is 19.1 Å². The number of nitrogens with zero attached hydrogens (tertiary/aromatic N) is 4. The van der Waals surface area contributed by atoms with Crippen molar-refractivity contribution in [2.24, 2.45) is 0 Å². The molecule has 1 aliphatic heterocycles. The number of aryl methyl sites for hydroxylation is 1. The van der Waals surface area contributed by atoms with Gasteiger partial charge >= 0.3 is 0 Å². The molecule has 0 radical (unpaired) electrons. The molecule has 0 bridgehead atoms. The summed E-state index contributed by atoms with van der Waals surface area (Å²) < 4.78 is 1.68. The molecule has 0 spiro atoms. The number of hydrogen-bond acceptors (Lipinski definition) is 8. The first-order chi connectivity index (χ1) is 17.9. The molecule has 198 valence electrons. The molecule has 13 heteroatoms. The van der Waals surface area contributed by atoms with Crippen LogP contribution in [-0.2, 0) is 43.6 Å². The summed E-state index contributed by atoms with van der Waals surface area (Å²) in [4.78, 5) is 59.7. The lowest BCUT2D eigenvalue weighted by Crippen LogP contribution is -2.51. The first-order valence-corrected chi connectivity index (χ1v) is 12.1. The van der Waals surface area contributed by atoms with Gasteiger partial charge in [0.2, 0.25) is 30.5 Å². The molecule has 0 saturated carbocycles. The van der Waals surface area contributed by atoms with Gasteiger partial charge in [-0.15, -0.1) is 5.10 Å². The second kappa shape index (κ2) is 13.8. The van der Waals surface area contributed by atoms with Gasteiger partial charge in [0.05, 0.1) is 19.3 Å². The third kappa shape index (κ3) is 8.20. The molecule has 2 aromatic rings. The number of imide groups is 1. The standard InChI is InChI=1S/C24H32N8O5/c1-17-4-2-5-20(19(17)14-31(16-34)21-7-8-23(36)28-24(21)37)27-22(35)6-3-9-25-10-11-32-13-18(29-30-32)12-26-15-33/h2,4-5,13,15-16,21,25H,3,6-12,14H2,1H3,(H,26,33)(H,27,35)(H,28,36,37). The lowest BCUT2D eigenvalue weighted by Gasteiger charge is -2.31. The maximum atomic E-state index is 12.6. The van der Waals surface area contributed by atoms with Crippen molar-refractivity contribution in [3.8, 4) is 0 Å². The highest BCUT2D eigenvalue weighted by Gasteiger charge is 2.31. The van der Waals surface area contributed by atoms with Gasteiger partial charge < -0.3 is 20.9 Å². The van der Waals surface area contributed by atoms with Crippen LogP contribution in [0.2, 0.25) is 0 Å². The number of benzene rings is 1. The van der Waals surface area contributed by atoms with Gasteiger partial charge in [-0.3, -0.25) is 34.0 Å². The van der Waals surface area contributed by atoms with Crippen LogP contribution >= 0.6 is 0 Å². The van der Waals surface area contributed by atoms with Crippen LogP contribution in [0.3, 0.4) is 0 Å². The number of carbonyl (C=O) groups excluding carboxylic acids is 5. The maximum absolute atomic E-state index is 12.6. The summed E-state index contributed by atoms with van der Waals surface area (Å²) >= 11 is 0. The van der Waals surface area contributed by atoms with Crippen LogP contribution in [0, 0.1) is 6.92 Å². The maximum Gasteiger partial charge on any atom is 0.249 e. The van der Waals surface area contributed by atoms with E-state index in [1.54, 1.807) is 16.9 Å². The first kappa shape index (κ1) is 27.5. The van der Waals surface area contributed by atoms with E-state index in [0.717, 1.165) is 11.1 Å². The Morgan fingerprint density at radius 3 is 2.86 bits per heavy atom. The Hall–Kier alpha value is -4.13. The third-order valence-electron chi connectivity index (χ3n) is 6.00. The van der Waals surface area contributed by atoms with Gasteiger partial charge in [0.1, 0.15) is 11.7 Å². The van der Waals surface area contributed by atoms with Crippen molar-refractivity contribution < 1.29 is 24.0 Å². The van der Waals surface area contributed by atoms with E-state index < -0.39 is 11.9 Å². The van der Waals surface area contributed by atoms with Crippen LogP contribution in [0.1, 0.15) is 42.5 Å². The second-order valence-electron chi connectivity index (χ2n) is 8.72. The van der Waals surface area contributed by atoms with Crippen LogP contribution < -0.4 is 21.3 Å². The number of nitrogens with one attached hydrogen (secondary N) is 4. The monoisotopic (exact) mass is 512 g/mol. The molecule has 1 aliphatic rings. The van der Waals surface area contributed by atoms with Crippen molar-refractivity contribution in [3.63, 3.8) is 0 Å². The highest BCUT2D eigenvalue weighted by Crippen LogP contribution is 2.24. The molecule has 3 rings (SSSR count). The molecular formula is C24H32N8O5. The lowest BCUT2D eigenvalue weighted by atomic mass is 10.0. The van der Waals surface area contributed by atoms with Crippen molar-refractivity contribution in [2.45, 2.75) is 58.3 Å². The minimum Gasteiger partial charge on any atom is -0.353 e. The predicted molar refractivity (Wildman–Crippen MR) is 133 cm³/mol. The summed E-state index contributed by atoms with van der Waals surface area (Å²) in [5.41, 5.74) is 2.87. The fourth-order valence-electron chi connectivity index (χ4n) is 4.01. The van der Waals surface area contributed by atoms with Crippen LogP contribution in [0.15, 0.2) is 24.4 Å². The number of anilines is 1. The van der Waals surface area contributed by atoms with E-state index in [9.17, 15) is 24.0 Å². The van der Waals surface area contributed by atoms with E-state index in [4.69, 9.17) is 0 Å². The highest BCUT2D eigenvalue weighted by atomic mass is 16.2. The number of carbonyl (C=O) groups is 5. The normalized spacial score (nSPS) is 15.1. The zero-order chi connectivity index (χ0) is 26.6. The van der Waals surface area contributed by atoms with Crippen molar-refractivity contribution in [3.05, 3.63) is 41.2 Å². The zero-order valence-corrected chi connectivity index (χ0v) is 20.7. The summed E-state index contributed by atoms with van der Waals surface area (Å²) in [5, 5.41) is 18.9. The molecule has 4 N–H and O–H groups in total. The Bertz CT molecular complexity index is 1120. The molecule has 1 aromatic heterocycles. The topological polar surface area (TPSA) is 167 Å². The van der Waals surface area contributed by atoms with Crippen LogP contribution in [0.25, 0.3) is 0 Å². The van der Waals surface area contributed by atoms with E-state index >= 15 is 0 Å². The number of rotatable bonds is 15. The fourth-order valence-corrected chi connectivity index (χ4v) is 4.01. The van der Waals surface area contributed by atoms with Gasteiger partial charge in [-0.1, -0.05) is 17.3 Å². The lowest BCUT2D eigenvalue weighted by molar-refractivity contribution is -0.141. The number of hydrogen-bond donors (Lipinski definition) is 4. The largest absolute Gasteiger partial charge is 0.353 e. The minimum atomic E-state index is -0.735. The summed E-state index contributed by atoms with van der Waals surface area (Å²) in [6.45, 7) is 4.23. The smallest absolute Gasteiger partial charge is 0.249 e. The fraction of sp³-hybridized carbons (Fsp3) is 0.458. The van der Waals surface area contributed by atoms with Gasteiger partial charge in [-0.25, -0.2) is 0 Å². The molecule has 1 unspecified atom stereocenters. The zero-order valence-electron chi connectivity index (χ0n) is 20.7. The Morgan fingerprint density at radius 2 is 2.11 bits per heavy atom. The Labute approximate surface area is 214 Å². The molecule has 0 aliphatic carbocycles. The van der Waals surface area contributed by atoms with Gasteiger partial charge in [-0.2, -0.15) is 0 Å². The molecule has 1 aromatic carbocycles. The number of amides is 5. The minimum absolute atomic E-state index is 0.134. The van der Waals surface area contributed by atoms with Crippen LogP contribution in [0.5, 0.6) is 0 Å². The number of aromatic nitrogens is 3. The summed E-state index contributed by atoms with van der Waals surface area (Å²) in [6.07, 6.45) is 4.33. The second-order valence-corrected chi connectivity index (χ2v) is 8.72. The van der Waals surface area contributed by atoms with E-state index in [1.165, 1.54) is 4.90 Å². The summed E-state index contributed by atoms with van der Waals surface area (Å²) in [6, 6.07) is 4.72. The molecule has 2 heterocycles. The Balaban J connectivity index is 1.45. The molecule has 13 nitrogen and oxygen atoms in total.